The van der Waals surface area contributed by atoms with E-state index in [1.54, 1.807) is 11.3 Å². The summed E-state index contributed by atoms with van der Waals surface area (Å²) in [5.41, 5.74) is 7.06. The van der Waals surface area contributed by atoms with Gasteiger partial charge < -0.3 is 5.11 Å². The van der Waals surface area contributed by atoms with Crippen LogP contribution in [0.4, 0.5) is 0 Å². The molecular weight excluding hydrogens is 388 g/mol. The van der Waals surface area contributed by atoms with E-state index >= 15 is 0 Å². The Labute approximate surface area is 175 Å². The first-order chi connectivity index (χ1) is 13.7. The zero-order chi connectivity index (χ0) is 20.9. The molecule has 0 unspecified atom stereocenters. The van der Waals surface area contributed by atoms with E-state index in [1.807, 2.05) is 5.38 Å². The summed E-state index contributed by atoms with van der Waals surface area (Å²) in [6.45, 7) is 6.79. The summed E-state index contributed by atoms with van der Waals surface area (Å²) in [4.78, 5) is 38.3. The molecule has 0 aliphatic heterocycles. The van der Waals surface area contributed by atoms with E-state index in [-0.39, 0.29) is 29.1 Å². The lowest BCUT2D eigenvalue weighted by Gasteiger charge is -2.34. The molecule has 1 heterocycles. The molecule has 3 aliphatic carbocycles. The van der Waals surface area contributed by atoms with Crippen LogP contribution >= 0.6 is 11.3 Å². The summed E-state index contributed by atoms with van der Waals surface area (Å²) in [5, 5.41) is 11.4. The number of amides is 2. The summed E-state index contributed by atoms with van der Waals surface area (Å²) in [6, 6.07) is 0. The number of thiophene rings is 1. The topological polar surface area (TPSA) is 95.5 Å². The van der Waals surface area contributed by atoms with E-state index in [1.165, 1.54) is 4.88 Å². The maximum absolute atomic E-state index is 12.7. The Kier molecular flexibility index (Phi) is 5.21. The zero-order valence-electron chi connectivity index (χ0n) is 17.3. The second-order valence-corrected chi connectivity index (χ2v) is 11.0. The molecule has 2 saturated carbocycles. The van der Waals surface area contributed by atoms with Crippen LogP contribution in [0.25, 0.3) is 0 Å². The number of carbonyl (C=O) groups excluding carboxylic acids is 2. The number of nitrogens with one attached hydrogen (secondary N) is 2. The van der Waals surface area contributed by atoms with Gasteiger partial charge in [0, 0.05) is 10.3 Å². The monoisotopic (exact) mass is 418 g/mol. The Morgan fingerprint density at radius 2 is 1.76 bits per heavy atom. The third-order valence-corrected chi connectivity index (χ3v) is 8.48. The van der Waals surface area contributed by atoms with Gasteiger partial charge in [-0.15, -0.1) is 11.3 Å². The van der Waals surface area contributed by atoms with Gasteiger partial charge in [0.25, 0.3) is 5.91 Å². The number of hydrazine groups is 1. The summed E-state index contributed by atoms with van der Waals surface area (Å²) in [5.74, 6) is -1.94. The lowest BCUT2D eigenvalue weighted by Crippen LogP contribution is -2.48. The minimum absolute atomic E-state index is 0.0867. The molecule has 3 N–H and O–H groups in total. The highest BCUT2D eigenvalue weighted by Crippen LogP contribution is 2.52. The molecule has 0 spiro atoms. The Bertz CT molecular complexity index is 840. The average molecular weight is 419 g/mol. The van der Waals surface area contributed by atoms with Crippen molar-refractivity contribution in [2.24, 2.45) is 35.0 Å². The van der Waals surface area contributed by atoms with Gasteiger partial charge in [-0.25, -0.2) is 0 Å². The minimum atomic E-state index is -0.899. The van der Waals surface area contributed by atoms with Crippen LogP contribution in [0, 0.1) is 35.0 Å². The molecule has 4 rings (SSSR count). The Balaban J connectivity index is 1.39. The van der Waals surface area contributed by atoms with Gasteiger partial charge in [0.05, 0.1) is 17.4 Å². The molecule has 158 valence electrons. The fourth-order valence-corrected chi connectivity index (χ4v) is 6.90. The van der Waals surface area contributed by atoms with Crippen molar-refractivity contribution in [1.82, 2.24) is 10.9 Å². The van der Waals surface area contributed by atoms with Crippen LogP contribution in [0.1, 0.15) is 67.3 Å². The number of aliphatic carboxylic acids is 1. The van der Waals surface area contributed by atoms with E-state index in [0.29, 0.717) is 11.5 Å². The van der Waals surface area contributed by atoms with E-state index in [4.69, 9.17) is 0 Å². The molecule has 3 aliphatic rings. The highest BCUT2D eigenvalue weighted by molar-refractivity contribution is 7.10. The van der Waals surface area contributed by atoms with Gasteiger partial charge in [-0.2, -0.15) is 0 Å². The Hall–Kier alpha value is -1.89. The molecule has 29 heavy (non-hydrogen) atoms. The van der Waals surface area contributed by atoms with Crippen LogP contribution in [0.15, 0.2) is 5.38 Å². The van der Waals surface area contributed by atoms with E-state index in [2.05, 4.69) is 31.6 Å². The largest absolute Gasteiger partial charge is 0.481 e. The van der Waals surface area contributed by atoms with Crippen molar-refractivity contribution in [2.45, 2.75) is 59.3 Å². The molecule has 0 aromatic carbocycles. The maximum Gasteiger partial charge on any atom is 0.307 e. The van der Waals surface area contributed by atoms with Crippen LogP contribution in [0.3, 0.4) is 0 Å². The van der Waals surface area contributed by atoms with E-state index in [9.17, 15) is 19.5 Å². The molecule has 5 atom stereocenters. The fraction of sp³-hybridized carbons (Fsp3) is 0.682. The molecule has 7 heteroatoms. The van der Waals surface area contributed by atoms with Gasteiger partial charge in [0.1, 0.15) is 0 Å². The SMILES string of the molecule is CC(C)(C)[C@H]1CCc2c(C(=O)NNC(=O)[C@H]3[C@@H]4CC[C@@H](C4)[C@@H]3C(=O)O)csc2C1. The summed E-state index contributed by atoms with van der Waals surface area (Å²) < 4.78 is 0. The molecule has 2 bridgehead atoms. The molecular formula is C22H30N2O4S. The first-order valence-electron chi connectivity index (χ1n) is 10.6. The maximum atomic E-state index is 12.7. The van der Waals surface area contributed by atoms with Gasteiger partial charge in [-0.05, 0) is 67.3 Å². The molecule has 2 amide bonds. The van der Waals surface area contributed by atoms with Crippen molar-refractivity contribution in [3.63, 3.8) is 0 Å². The van der Waals surface area contributed by atoms with Gasteiger partial charge >= 0.3 is 5.97 Å². The van der Waals surface area contributed by atoms with Crippen LogP contribution in [0.5, 0.6) is 0 Å². The summed E-state index contributed by atoms with van der Waals surface area (Å²) >= 11 is 1.62. The molecule has 1 aromatic rings. The second-order valence-electron chi connectivity index (χ2n) is 10.0. The van der Waals surface area contributed by atoms with Crippen LogP contribution in [0.2, 0.25) is 0 Å². The molecule has 0 radical (unpaired) electrons. The molecule has 1 aromatic heterocycles. The van der Waals surface area contributed by atoms with Crippen molar-refractivity contribution in [1.29, 1.82) is 0 Å². The van der Waals surface area contributed by atoms with Crippen LogP contribution < -0.4 is 10.9 Å². The lowest BCUT2D eigenvalue weighted by atomic mass is 9.72. The summed E-state index contributed by atoms with van der Waals surface area (Å²) in [6.07, 6.45) is 5.52. The first kappa shape index (κ1) is 20.4. The highest BCUT2D eigenvalue weighted by Gasteiger charge is 2.54. The van der Waals surface area contributed by atoms with Crippen molar-refractivity contribution < 1.29 is 19.5 Å². The van der Waals surface area contributed by atoms with Crippen LogP contribution in [-0.2, 0) is 22.4 Å². The summed E-state index contributed by atoms with van der Waals surface area (Å²) in [7, 11) is 0. The van der Waals surface area contributed by atoms with Crippen molar-refractivity contribution >= 4 is 29.1 Å². The third kappa shape index (κ3) is 3.69. The van der Waals surface area contributed by atoms with Gasteiger partial charge in [0.15, 0.2) is 0 Å². The number of carbonyl (C=O) groups is 3. The fourth-order valence-electron chi connectivity index (χ4n) is 5.74. The third-order valence-electron chi connectivity index (χ3n) is 7.43. The number of fused-ring (bicyclic) bond motifs is 3. The Morgan fingerprint density at radius 3 is 2.41 bits per heavy atom. The minimum Gasteiger partial charge on any atom is -0.481 e. The smallest absolute Gasteiger partial charge is 0.307 e. The molecule has 2 fully saturated rings. The number of hydrogen-bond donors (Lipinski definition) is 3. The molecule has 6 nitrogen and oxygen atoms in total. The highest BCUT2D eigenvalue weighted by atomic mass is 32.1. The number of hydrogen-bond acceptors (Lipinski definition) is 4. The normalized spacial score (nSPS) is 30.7. The second kappa shape index (κ2) is 7.42. The van der Waals surface area contributed by atoms with Crippen molar-refractivity contribution in [2.75, 3.05) is 0 Å². The van der Waals surface area contributed by atoms with E-state index < -0.39 is 17.8 Å². The quantitative estimate of drug-likeness (QED) is 0.656. The van der Waals surface area contributed by atoms with Crippen molar-refractivity contribution in [3.8, 4) is 0 Å². The predicted octanol–water partition coefficient (Wildman–Crippen LogP) is 3.41. The predicted molar refractivity (Wildman–Crippen MR) is 110 cm³/mol. The van der Waals surface area contributed by atoms with Crippen LogP contribution in [-0.4, -0.2) is 22.9 Å². The van der Waals surface area contributed by atoms with Crippen molar-refractivity contribution in [3.05, 3.63) is 21.4 Å². The lowest BCUT2D eigenvalue weighted by molar-refractivity contribution is -0.149. The average Bonchev–Trinajstić information content (AvgIpc) is 3.37. The standard InChI is InChI=1S/C22H30N2O4S/c1-22(2,3)13-6-7-14-15(10-29-16(14)9-13)19(25)23-24-20(26)17-11-4-5-12(8-11)18(17)21(27)28/h10-13,17-18H,4-9H2,1-3H3,(H,23,25)(H,24,26)(H,27,28)/t11-,12+,13+,17+,18+/m1/s1. The number of rotatable bonds is 3. The zero-order valence-corrected chi connectivity index (χ0v) is 18.1. The first-order valence-corrected chi connectivity index (χ1v) is 11.5. The van der Waals surface area contributed by atoms with E-state index in [0.717, 1.165) is 44.1 Å². The molecule has 0 saturated heterocycles. The Morgan fingerprint density at radius 1 is 1.07 bits per heavy atom. The number of carboxylic acid groups (broad SMARTS) is 1. The van der Waals surface area contributed by atoms with Gasteiger partial charge in [-0.3, -0.25) is 25.2 Å². The van der Waals surface area contributed by atoms with Gasteiger partial charge in [-0.1, -0.05) is 20.8 Å². The number of carboxylic acids is 1. The van der Waals surface area contributed by atoms with Gasteiger partial charge in [0.2, 0.25) is 5.91 Å².